The van der Waals surface area contributed by atoms with Gasteiger partial charge in [-0.2, -0.15) is 0 Å². The van der Waals surface area contributed by atoms with Gasteiger partial charge in [0.05, 0.1) is 11.7 Å². The van der Waals surface area contributed by atoms with Crippen LogP contribution in [-0.4, -0.2) is 21.9 Å². The van der Waals surface area contributed by atoms with Crippen LogP contribution < -0.4 is 0 Å². The van der Waals surface area contributed by atoms with E-state index >= 15 is 0 Å². The van der Waals surface area contributed by atoms with Crippen molar-refractivity contribution < 1.29 is 10.2 Å². The topological polar surface area (TPSA) is 40.5 Å². The average Bonchev–Trinajstić information content (AvgIpc) is 3.10. The highest BCUT2D eigenvalue weighted by Crippen LogP contribution is 2.67. The Morgan fingerprint density at radius 3 is 2.33 bits per heavy atom. The molecule has 5 aliphatic rings. The molecule has 0 bridgehead atoms. The van der Waals surface area contributed by atoms with Crippen molar-refractivity contribution in [3.63, 3.8) is 0 Å². The van der Waals surface area contributed by atoms with Crippen LogP contribution in [0.15, 0.2) is 11.6 Å². The van der Waals surface area contributed by atoms with Crippen LogP contribution in [0.25, 0.3) is 0 Å². The summed E-state index contributed by atoms with van der Waals surface area (Å²) in [7, 11) is 0. The van der Waals surface area contributed by atoms with Crippen LogP contribution in [0.2, 0.25) is 0 Å². The summed E-state index contributed by atoms with van der Waals surface area (Å²) in [6, 6.07) is 0. The highest BCUT2D eigenvalue weighted by atomic mass is 16.3. The maximum absolute atomic E-state index is 10.7. The fourth-order valence-electron chi connectivity index (χ4n) is 9.47. The van der Waals surface area contributed by atoms with Gasteiger partial charge in [-0.3, -0.25) is 0 Å². The smallest absolute Gasteiger partial charge is 0.0657 e. The summed E-state index contributed by atoms with van der Waals surface area (Å²) in [5.74, 6) is 4.76. The van der Waals surface area contributed by atoms with E-state index in [1.54, 1.807) is 5.57 Å². The first kappa shape index (κ1) is 25.7. The highest BCUT2D eigenvalue weighted by molar-refractivity contribution is 5.26. The molecule has 2 nitrogen and oxygen atoms in total. The van der Waals surface area contributed by atoms with E-state index in [0.29, 0.717) is 16.7 Å². The van der Waals surface area contributed by atoms with Crippen molar-refractivity contribution in [2.75, 3.05) is 0 Å². The molecule has 0 radical (unpaired) electrons. The molecule has 5 unspecified atom stereocenters. The van der Waals surface area contributed by atoms with Gasteiger partial charge in [-0.15, -0.1) is 0 Å². The minimum Gasteiger partial charge on any atom is -0.393 e. The van der Waals surface area contributed by atoms with E-state index in [-0.39, 0.29) is 6.10 Å². The molecule has 0 aliphatic heterocycles. The van der Waals surface area contributed by atoms with E-state index < -0.39 is 5.60 Å². The molecule has 0 aromatic heterocycles. The average molecular weight is 459 g/mol. The number of aliphatic hydroxyl groups is 2. The Bertz CT molecular complexity index is 706. The zero-order valence-corrected chi connectivity index (χ0v) is 22.7. The second-order valence-electron chi connectivity index (χ2n) is 13.5. The first-order valence-corrected chi connectivity index (χ1v) is 14.7. The zero-order valence-electron chi connectivity index (χ0n) is 22.7. The third kappa shape index (κ3) is 4.50. The Kier molecular flexibility index (Phi) is 7.49. The lowest BCUT2D eigenvalue weighted by atomic mass is 9.46. The molecule has 5 aliphatic carbocycles. The summed E-state index contributed by atoms with van der Waals surface area (Å²) in [4.78, 5) is 0. The van der Waals surface area contributed by atoms with Crippen molar-refractivity contribution in [2.24, 2.45) is 46.3 Å². The Morgan fingerprint density at radius 1 is 0.939 bits per heavy atom. The van der Waals surface area contributed by atoms with Crippen LogP contribution in [0.4, 0.5) is 0 Å². The van der Waals surface area contributed by atoms with E-state index in [2.05, 4.69) is 26.8 Å². The summed E-state index contributed by atoms with van der Waals surface area (Å²) in [5.41, 5.74) is 1.94. The first-order chi connectivity index (χ1) is 15.6. The van der Waals surface area contributed by atoms with Crippen molar-refractivity contribution in [1.82, 2.24) is 0 Å². The molecule has 0 aromatic carbocycles. The Hall–Kier alpha value is -0.340. The molecule has 0 heterocycles. The summed E-state index contributed by atoms with van der Waals surface area (Å²) in [6.07, 6.45) is 18.5. The van der Waals surface area contributed by atoms with Crippen molar-refractivity contribution in [1.29, 1.82) is 0 Å². The molecule has 2 heteroatoms. The summed E-state index contributed by atoms with van der Waals surface area (Å²) in [5, 5.41) is 21.3. The maximum atomic E-state index is 10.7. The van der Waals surface area contributed by atoms with E-state index in [0.717, 1.165) is 48.9 Å². The summed E-state index contributed by atoms with van der Waals surface area (Å²) >= 11 is 0. The number of hydrogen-bond acceptors (Lipinski definition) is 2. The molecule has 0 aromatic rings. The van der Waals surface area contributed by atoms with Gasteiger partial charge in [-0.1, -0.05) is 52.7 Å². The van der Waals surface area contributed by atoms with Crippen molar-refractivity contribution >= 4 is 0 Å². The third-order valence-corrected chi connectivity index (χ3v) is 11.8. The molecule has 0 amide bonds. The first-order valence-electron chi connectivity index (χ1n) is 14.7. The summed E-state index contributed by atoms with van der Waals surface area (Å²) in [6.45, 7) is 13.7. The van der Waals surface area contributed by atoms with Crippen LogP contribution >= 0.6 is 0 Å². The number of hydrogen-bond donors (Lipinski definition) is 2. The Labute approximate surface area is 205 Å². The molecule has 33 heavy (non-hydrogen) atoms. The number of aliphatic hydroxyl groups excluding tert-OH is 1. The van der Waals surface area contributed by atoms with Crippen LogP contribution in [0.3, 0.4) is 0 Å². The number of allylic oxidation sites excluding steroid dienone is 1. The summed E-state index contributed by atoms with van der Waals surface area (Å²) < 4.78 is 0. The van der Waals surface area contributed by atoms with Gasteiger partial charge in [0.15, 0.2) is 0 Å². The largest absolute Gasteiger partial charge is 0.393 e. The molecule has 0 saturated heterocycles. The minimum atomic E-state index is -0.487. The monoisotopic (exact) mass is 458 g/mol. The van der Waals surface area contributed by atoms with Gasteiger partial charge in [-0.05, 0) is 130 Å². The van der Waals surface area contributed by atoms with Gasteiger partial charge in [0, 0.05) is 0 Å². The molecule has 2 N–H and O–H groups in total. The second-order valence-corrected chi connectivity index (χ2v) is 13.5. The Balaban J connectivity index is 0.00000126. The molecule has 0 spiro atoms. The van der Waals surface area contributed by atoms with Gasteiger partial charge in [0.25, 0.3) is 0 Å². The third-order valence-electron chi connectivity index (χ3n) is 11.8. The normalized spacial score (nSPS) is 46.5. The van der Waals surface area contributed by atoms with Crippen LogP contribution in [0.1, 0.15) is 125 Å². The van der Waals surface area contributed by atoms with E-state index in [1.165, 1.54) is 64.2 Å². The molecule has 9 atom stereocenters. The van der Waals surface area contributed by atoms with Gasteiger partial charge in [0.1, 0.15) is 0 Å². The predicted molar refractivity (Wildman–Crippen MR) is 139 cm³/mol. The molecular formula is C31H54O2. The lowest BCUT2D eigenvalue weighted by Crippen LogP contribution is -2.52. The SMILES string of the molecule is CC.CC(CCC(O)C1CCC1)[C@H]1CCC2[C@@H]3CC=C4C[C@@](C)(O)CCC4(C)C3CC[C@@]21C. The molecular weight excluding hydrogens is 404 g/mol. The van der Waals surface area contributed by atoms with E-state index in [4.69, 9.17) is 0 Å². The number of fused-ring (bicyclic) bond motifs is 5. The van der Waals surface area contributed by atoms with Crippen molar-refractivity contribution in [3.05, 3.63) is 11.6 Å². The zero-order chi connectivity index (χ0) is 24.0. The van der Waals surface area contributed by atoms with Gasteiger partial charge in [0.2, 0.25) is 0 Å². The highest BCUT2D eigenvalue weighted by Gasteiger charge is 2.59. The van der Waals surface area contributed by atoms with Gasteiger partial charge in [-0.25, -0.2) is 0 Å². The molecule has 4 fully saturated rings. The predicted octanol–water partition coefficient (Wildman–Crippen LogP) is 7.92. The Morgan fingerprint density at radius 2 is 1.67 bits per heavy atom. The molecule has 190 valence electrons. The lowest BCUT2D eigenvalue weighted by Gasteiger charge is -2.59. The maximum Gasteiger partial charge on any atom is 0.0657 e. The fraction of sp³-hybridized carbons (Fsp3) is 0.935. The lowest BCUT2D eigenvalue weighted by molar-refractivity contribution is -0.0712. The van der Waals surface area contributed by atoms with E-state index in [1.807, 2.05) is 20.8 Å². The van der Waals surface area contributed by atoms with Crippen molar-refractivity contribution in [3.8, 4) is 0 Å². The number of rotatable bonds is 5. The van der Waals surface area contributed by atoms with Gasteiger partial charge < -0.3 is 10.2 Å². The fourth-order valence-corrected chi connectivity index (χ4v) is 9.47. The van der Waals surface area contributed by atoms with Crippen LogP contribution in [0, 0.1) is 46.3 Å². The van der Waals surface area contributed by atoms with Gasteiger partial charge >= 0.3 is 0 Å². The minimum absolute atomic E-state index is 0.0395. The standard InChI is InChI=1S/C29H48O2.C2H6/c1-19(8-13-26(30)20-6-5-7-20)23-11-12-24-22-10-9-21-18-27(2,31)16-17-28(21,3)25(22)14-15-29(23,24)4;1-2/h9,19-20,22-26,30-31H,5-8,10-18H2,1-4H3;1-2H3/t19?,22-,23+,24?,25?,26?,27-,28?,29+;/m0./s1. The molecule has 5 rings (SSSR count). The van der Waals surface area contributed by atoms with E-state index in [9.17, 15) is 10.2 Å². The molecule has 4 saturated carbocycles. The van der Waals surface area contributed by atoms with Crippen molar-refractivity contribution in [2.45, 2.75) is 137 Å². The van der Waals surface area contributed by atoms with Crippen LogP contribution in [-0.2, 0) is 0 Å². The second kappa shape index (κ2) is 9.61. The quantitative estimate of drug-likeness (QED) is 0.411. The van der Waals surface area contributed by atoms with Crippen LogP contribution in [0.5, 0.6) is 0 Å².